The van der Waals surface area contributed by atoms with Crippen LogP contribution in [0.15, 0.2) is 42.5 Å². The van der Waals surface area contributed by atoms with Gasteiger partial charge in [0.05, 0.1) is 7.11 Å². The largest absolute Gasteiger partial charge is 0.493 e. The number of halogens is 1. The van der Waals surface area contributed by atoms with Crippen LogP contribution < -0.4 is 14.8 Å². The number of ether oxygens (including phenoxy) is 3. The van der Waals surface area contributed by atoms with Gasteiger partial charge in [-0.2, -0.15) is 5.26 Å². The molecule has 2 aromatic carbocycles. The van der Waals surface area contributed by atoms with Crippen molar-refractivity contribution < 1.29 is 19.0 Å². The molecule has 0 spiro atoms. The number of carbonyl (C=O) groups is 1. The first-order valence-corrected chi connectivity index (χ1v) is 9.69. The topological polar surface area (TPSA) is 80.6 Å². The number of rotatable bonds is 11. The summed E-state index contributed by atoms with van der Waals surface area (Å²) in [4.78, 5) is 12.6. The van der Waals surface area contributed by atoms with Crippen molar-refractivity contribution in [1.82, 2.24) is 5.32 Å². The Morgan fingerprint density at radius 1 is 1.17 bits per heavy atom. The summed E-state index contributed by atoms with van der Waals surface area (Å²) < 4.78 is 16.1. The van der Waals surface area contributed by atoms with Crippen LogP contribution in [0, 0.1) is 23.7 Å². The molecule has 1 atom stereocenters. The lowest BCUT2D eigenvalue weighted by molar-refractivity contribution is -0.131. The number of nitrogens with zero attached hydrogens (tertiary/aromatic N) is 1. The molecule has 2 rings (SSSR count). The maximum Gasteiger partial charge on any atom is 0.249 e. The molecule has 30 heavy (non-hydrogen) atoms. The van der Waals surface area contributed by atoms with E-state index in [2.05, 4.69) is 11.2 Å². The second-order valence-electron chi connectivity index (χ2n) is 6.31. The number of hydrogen-bond acceptors (Lipinski definition) is 5. The van der Waals surface area contributed by atoms with Crippen molar-refractivity contribution in [2.24, 2.45) is 0 Å². The first-order valence-electron chi connectivity index (χ1n) is 9.31. The SMILES string of the molecule is C#CCOC(Cc1ccc(Cl)cc1)C(=O)NCCc1ccc(OCC#N)c(OC)c1. The highest BCUT2D eigenvalue weighted by atomic mass is 35.5. The normalized spacial score (nSPS) is 11.1. The molecule has 1 unspecified atom stereocenters. The molecule has 0 fully saturated rings. The van der Waals surface area contributed by atoms with Gasteiger partial charge in [0.1, 0.15) is 18.8 Å². The lowest BCUT2D eigenvalue weighted by atomic mass is 10.1. The molecule has 0 saturated carbocycles. The van der Waals surface area contributed by atoms with E-state index >= 15 is 0 Å². The summed E-state index contributed by atoms with van der Waals surface area (Å²) in [6.07, 6.45) is 5.56. The van der Waals surface area contributed by atoms with Crippen LogP contribution in [0.25, 0.3) is 0 Å². The first-order chi connectivity index (χ1) is 14.6. The van der Waals surface area contributed by atoms with Crippen LogP contribution in [-0.2, 0) is 22.4 Å². The standard InChI is InChI=1S/C23H23ClN2O4/c1-3-13-29-22(16-17-4-7-19(24)8-5-17)23(27)26-12-10-18-6-9-20(30-14-11-25)21(15-18)28-2/h1,4-9,15,22H,10,12-14,16H2,2H3,(H,26,27). The van der Waals surface area contributed by atoms with Gasteiger partial charge in [0.15, 0.2) is 18.1 Å². The first kappa shape index (κ1) is 23.1. The number of carbonyl (C=O) groups excluding carboxylic acids is 1. The molecule has 6 nitrogen and oxygen atoms in total. The molecular formula is C23H23ClN2O4. The van der Waals surface area contributed by atoms with E-state index in [1.54, 1.807) is 18.2 Å². The molecule has 0 saturated heterocycles. The van der Waals surface area contributed by atoms with E-state index in [1.807, 2.05) is 30.3 Å². The molecule has 2 aromatic rings. The molecule has 7 heteroatoms. The molecule has 0 aliphatic rings. The Morgan fingerprint density at radius 2 is 1.90 bits per heavy atom. The van der Waals surface area contributed by atoms with Crippen LogP contribution in [0.4, 0.5) is 0 Å². The predicted molar refractivity (Wildman–Crippen MR) is 115 cm³/mol. The Hall–Kier alpha value is -3.19. The Balaban J connectivity index is 1.93. The number of methoxy groups -OCH3 is 1. The van der Waals surface area contributed by atoms with Gasteiger partial charge in [0, 0.05) is 18.0 Å². The molecule has 0 bridgehead atoms. The Bertz CT molecular complexity index is 916. The molecule has 0 aliphatic carbocycles. The zero-order valence-corrected chi connectivity index (χ0v) is 17.4. The quantitative estimate of drug-likeness (QED) is 0.558. The second kappa shape index (κ2) is 12.4. The van der Waals surface area contributed by atoms with Gasteiger partial charge in [0.2, 0.25) is 5.91 Å². The average molecular weight is 427 g/mol. The van der Waals surface area contributed by atoms with E-state index in [1.165, 1.54) is 7.11 Å². The lowest BCUT2D eigenvalue weighted by Gasteiger charge is -2.17. The van der Waals surface area contributed by atoms with Gasteiger partial charge in [-0.05, 0) is 41.8 Å². The Kier molecular flexibility index (Phi) is 9.54. The minimum Gasteiger partial charge on any atom is -0.493 e. The van der Waals surface area contributed by atoms with Crippen LogP contribution in [0.2, 0.25) is 5.02 Å². The second-order valence-corrected chi connectivity index (χ2v) is 6.74. The summed E-state index contributed by atoms with van der Waals surface area (Å²) in [5.74, 6) is 3.19. The third kappa shape index (κ3) is 7.33. The van der Waals surface area contributed by atoms with Crippen molar-refractivity contribution >= 4 is 17.5 Å². The maximum atomic E-state index is 12.6. The van der Waals surface area contributed by atoms with Crippen molar-refractivity contribution in [1.29, 1.82) is 5.26 Å². The van der Waals surface area contributed by atoms with Crippen LogP contribution in [-0.4, -0.2) is 38.9 Å². The Morgan fingerprint density at radius 3 is 2.57 bits per heavy atom. The summed E-state index contributed by atoms with van der Waals surface area (Å²) >= 11 is 5.91. The van der Waals surface area contributed by atoms with Gasteiger partial charge in [-0.15, -0.1) is 6.42 Å². The highest BCUT2D eigenvalue weighted by Crippen LogP contribution is 2.28. The molecule has 1 amide bonds. The van der Waals surface area contributed by atoms with E-state index in [4.69, 9.17) is 37.5 Å². The van der Waals surface area contributed by atoms with Gasteiger partial charge < -0.3 is 19.5 Å². The number of nitriles is 1. The van der Waals surface area contributed by atoms with Crippen molar-refractivity contribution in [2.45, 2.75) is 18.9 Å². The van der Waals surface area contributed by atoms with Crippen molar-refractivity contribution in [3.63, 3.8) is 0 Å². The van der Waals surface area contributed by atoms with Gasteiger partial charge in [0.25, 0.3) is 0 Å². The molecule has 0 radical (unpaired) electrons. The highest BCUT2D eigenvalue weighted by Gasteiger charge is 2.19. The number of amides is 1. The summed E-state index contributed by atoms with van der Waals surface area (Å²) in [6, 6.07) is 14.6. The lowest BCUT2D eigenvalue weighted by Crippen LogP contribution is -2.39. The fourth-order valence-electron chi connectivity index (χ4n) is 2.75. The molecule has 1 N–H and O–H groups in total. The summed E-state index contributed by atoms with van der Waals surface area (Å²) in [7, 11) is 1.53. The highest BCUT2D eigenvalue weighted by molar-refractivity contribution is 6.30. The molecule has 156 valence electrons. The summed E-state index contributed by atoms with van der Waals surface area (Å²) in [5.41, 5.74) is 1.88. The molecule has 0 aromatic heterocycles. The van der Waals surface area contributed by atoms with Crippen molar-refractivity contribution in [3.05, 3.63) is 58.6 Å². The summed E-state index contributed by atoms with van der Waals surface area (Å²) in [5, 5.41) is 12.1. The number of hydrogen-bond donors (Lipinski definition) is 1. The predicted octanol–water partition coefficient (Wildman–Crippen LogP) is 3.17. The number of benzene rings is 2. The smallest absolute Gasteiger partial charge is 0.249 e. The average Bonchev–Trinajstić information content (AvgIpc) is 2.76. The van der Waals surface area contributed by atoms with Crippen LogP contribution >= 0.6 is 11.6 Å². The number of nitrogens with one attached hydrogen (secondary N) is 1. The van der Waals surface area contributed by atoms with E-state index < -0.39 is 6.10 Å². The molecule has 0 aliphatic heterocycles. The van der Waals surface area contributed by atoms with Crippen molar-refractivity contribution in [3.8, 4) is 29.9 Å². The van der Waals surface area contributed by atoms with Crippen LogP contribution in [0.3, 0.4) is 0 Å². The van der Waals surface area contributed by atoms with Crippen LogP contribution in [0.5, 0.6) is 11.5 Å². The van der Waals surface area contributed by atoms with Crippen LogP contribution in [0.1, 0.15) is 11.1 Å². The third-order valence-corrected chi connectivity index (χ3v) is 4.48. The van der Waals surface area contributed by atoms with Gasteiger partial charge >= 0.3 is 0 Å². The fraction of sp³-hybridized carbons (Fsp3) is 0.304. The monoisotopic (exact) mass is 426 g/mol. The minimum atomic E-state index is -0.696. The summed E-state index contributed by atoms with van der Waals surface area (Å²) in [6.45, 7) is 0.405. The van der Waals surface area contributed by atoms with E-state index in [0.29, 0.717) is 35.9 Å². The zero-order valence-electron chi connectivity index (χ0n) is 16.7. The van der Waals surface area contributed by atoms with E-state index in [-0.39, 0.29) is 19.1 Å². The van der Waals surface area contributed by atoms with E-state index in [0.717, 1.165) is 11.1 Å². The van der Waals surface area contributed by atoms with Crippen molar-refractivity contribution in [2.75, 3.05) is 26.9 Å². The molecular weight excluding hydrogens is 404 g/mol. The number of terminal acetylenes is 1. The van der Waals surface area contributed by atoms with Gasteiger partial charge in [-0.1, -0.05) is 35.7 Å². The Labute approximate surface area is 181 Å². The molecule has 0 heterocycles. The maximum absolute atomic E-state index is 12.6. The van der Waals surface area contributed by atoms with E-state index in [9.17, 15) is 4.79 Å². The fourth-order valence-corrected chi connectivity index (χ4v) is 2.88. The third-order valence-electron chi connectivity index (χ3n) is 4.23. The minimum absolute atomic E-state index is 0.0486. The zero-order chi connectivity index (χ0) is 21.8. The van der Waals surface area contributed by atoms with Gasteiger partial charge in [-0.3, -0.25) is 4.79 Å². The van der Waals surface area contributed by atoms with Gasteiger partial charge in [-0.25, -0.2) is 0 Å².